The van der Waals surface area contributed by atoms with Crippen LogP contribution in [-0.2, 0) is 0 Å². The minimum absolute atomic E-state index is 0.691. The van der Waals surface area contributed by atoms with Crippen molar-refractivity contribution in [2.75, 3.05) is 11.5 Å². The van der Waals surface area contributed by atoms with Gasteiger partial charge in [-0.1, -0.05) is 36.4 Å². The lowest BCUT2D eigenvalue weighted by atomic mass is 10.0. The fourth-order valence-corrected chi connectivity index (χ4v) is 2.90. The number of nitrogens with two attached hydrogens (primary N) is 2. The van der Waals surface area contributed by atoms with E-state index in [1.54, 1.807) is 0 Å². The molecular formula is C24H20N2O2. The Morgan fingerprint density at radius 1 is 0.464 bits per heavy atom. The van der Waals surface area contributed by atoms with Gasteiger partial charge in [0.2, 0.25) is 0 Å². The molecule has 0 amide bonds. The molecule has 4 aromatic carbocycles. The van der Waals surface area contributed by atoms with Gasteiger partial charge in [0.25, 0.3) is 0 Å². The topological polar surface area (TPSA) is 70.5 Å². The van der Waals surface area contributed by atoms with Crippen molar-refractivity contribution < 1.29 is 9.47 Å². The summed E-state index contributed by atoms with van der Waals surface area (Å²) in [6.45, 7) is 0. The van der Waals surface area contributed by atoms with Crippen LogP contribution < -0.4 is 20.9 Å². The molecule has 4 nitrogen and oxygen atoms in total. The van der Waals surface area contributed by atoms with Gasteiger partial charge in [-0.05, 0) is 66.2 Å². The van der Waals surface area contributed by atoms with Crippen molar-refractivity contribution in [2.24, 2.45) is 0 Å². The smallest absolute Gasteiger partial charge is 0.139 e. The number of anilines is 2. The monoisotopic (exact) mass is 368 g/mol. The highest BCUT2D eigenvalue weighted by atomic mass is 16.5. The first kappa shape index (κ1) is 17.5. The third-order valence-corrected chi connectivity index (χ3v) is 4.27. The Labute approximate surface area is 164 Å². The Morgan fingerprint density at radius 3 is 1.39 bits per heavy atom. The van der Waals surface area contributed by atoms with Crippen LogP contribution in [0.4, 0.5) is 11.4 Å². The van der Waals surface area contributed by atoms with Crippen molar-refractivity contribution in [2.45, 2.75) is 0 Å². The van der Waals surface area contributed by atoms with Crippen LogP contribution >= 0.6 is 0 Å². The highest BCUT2D eigenvalue weighted by Gasteiger charge is 2.15. The van der Waals surface area contributed by atoms with Crippen LogP contribution in [-0.4, -0.2) is 0 Å². The van der Waals surface area contributed by atoms with Gasteiger partial charge in [-0.25, -0.2) is 0 Å². The molecule has 0 saturated heterocycles. The van der Waals surface area contributed by atoms with Crippen molar-refractivity contribution in [3.63, 3.8) is 0 Å². The summed E-state index contributed by atoms with van der Waals surface area (Å²) in [5.74, 6) is 2.81. The lowest BCUT2D eigenvalue weighted by molar-refractivity contribution is 0.464. The summed E-state index contributed by atoms with van der Waals surface area (Å²) in [6.07, 6.45) is 0. The number of benzene rings is 4. The Hall–Kier alpha value is -3.92. The third kappa shape index (κ3) is 3.91. The fraction of sp³-hybridized carbons (Fsp3) is 0. The van der Waals surface area contributed by atoms with Gasteiger partial charge in [0, 0.05) is 11.4 Å². The van der Waals surface area contributed by atoms with Crippen LogP contribution in [0.3, 0.4) is 0 Å². The predicted octanol–water partition coefficient (Wildman–Crippen LogP) is 6.10. The molecule has 0 radical (unpaired) electrons. The first-order valence-corrected chi connectivity index (χ1v) is 8.94. The second-order valence-electron chi connectivity index (χ2n) is 6.34. The first-order chi connectivity index (χ1) is 13.7. The summed E-state index contributed by atoms with van der Waals surface area (Å²) in [6, 6.07) is 30.4. The van der Waals surface area contributed by atoms with Crippen molar-refractivity contribution in [1.29, 1.82) is 0 Å². The van der Waals surface area contributed by atoms with Gasteiger partial charge in [-0.2, -0.15) is 0 Å². The third-order valence-electron chi connectivity index (χ3n) is 4.27. The summed E-state index contributed by atoms with van der Waals surface area (Å²) in [4.78, 5) is 0. The molecule has 0 aromatic heterocycles. The molecule has 4 N–H and O–H groups in total. The molecular weight excluding hydrogens is 348 g/mol. The second-order valence-corrected chi connectivity index (χ2v) is 6.34. The van der Waals surface area contributed by atoms with Crippen molar-refractivity contribution in [3.05, 3.63) is 97.1 Å². The van der Waals surface area contributed by atoms with Crippen LogP contribution in [0.15, 0.2) is 97.1 Å². The molecule has 4 rings (SSSR count). The summed E-state index contributed by atoms with van der Waals surface area (Å²) in [5, 5.41) is 0. The summed E-state index contributed by atoms with van der Waals surface area (Å²) >= 11 is 0. The average Bonchev–Trinajstić information content (AvgIpc) is 2.72. The molecule has 0 aliphatic rings. The van der Waals surface area contributed by atoms with Crippen LogP contribution in [0.5, 0.6) is 23.0 Å². The maximum atomic E-state index is 6.16. The average molecular weight is 368 g/mol. The number of hydrogen-bond acceptors (Lipinski definition) is 4. The molecule has 0 bridgehead atoms. The number of hydrogen-bond donors (Lipinski definition) is 2. The number of nitrogen functional groups attached to an aromatic ring is 2. The molecule has 0 atom stereocenters. The Balaban J connectivity index is 1.77. The highest BCUT2D eigenvalue weighted by molar-refractivity contribution is 5.77. The lowest BCUT2D eigenvalue weighted by Crippen LogP contribution is -1.94. The van der Waals surface area contributed by atoms with Gasteiger partial charge >= 0.3 is 0 Å². The fourth-order valence-electron chi connectivity index (χ4n) is 2.90. The summed E-state index contributed by atoms with van der Waals surface area (Å²) < 4.78 is 12.3. The van der Waals surface area contributed by atoms with E-state index in [0.717, 1.165) is 11.1 Å². The summed E-state index contributed by atoms with van der Waals surface area (Å²) in [5.41, 5.74) is 14.8. The Bertz CT molecular complexity index is 994. The van der Waals surface area contributed by atoms with E-state index in [0.29, 0.717) is 34.4 Å². The van der Waals surface area contributed by atoms with Crippen LogP contribution in [0, 0.1) is 0 Å². The molecule has 28 heavy (non-hydrogen) atoms. The molecule has 0 aliphatic carbocycles. The highest BCUT2D eigenvalue weighted by Crippen LogP contribution is 2.42. The molecule has 0 aliphatic heterocycles. The zero-order valence-corrected chi connectivity index (χ0v) is 15.2. The molecule has 4 aromatic rings. The van der Waals surface area contributed by atoms with Gasteiger partial charge in [-0.15, -0.1) is 0 Å². The van der Waals surface area contributed by atoms with E-state index in [4.69, 9.17) is 20.9 Å². The standard InChI is InChI=1S/C24H20N2O2/c25-18-9-13-20(14-10-18)27-22-7-4-8-23(24(22)17-5-2-1-3-6-17)28-21-15-11-19(26)12-16-21/h1-16H,25-26H2. The molecule has 0 fully saturated rings. The van der Waals surface area contributed by atoms with E-state index in [9.17, 15) is 0 Å². The van der Waals surface area contributed by atoms with E-state index >= 15 is 0 Å². The van der Waals surface area contributed by atoms with E-state index in [1.165, 1.54) is 0 Å². The van der Waals surface area contributed by atoms with Gasteiger partial charge in [0.15, 0.2) is 0 Å². The molecule has 0 saturated carbocycles. The van der Waals surface area contributed by atoms with Gasteiger partial charge in [0.05, 0.1) is 5.56 Å². The SMILES string of the molecule is Nc1ccc(Oc2cccc(Oc3ccc(N)cc3)c2-c2ccccc2)cc1. The molecule has 4 heteroatoms. The normalized spacial score (nSPS) is 10.4. The second kappa shape index (κ2) is 7.76. The quantitative estimate of drug-likeness (QED) is 0.417. The van der Waals surface area contributed by atoms with Crippen molar-refractivity contribution in [1.82, 2.24) is 0 Å². The van der Waals surface area contributed by atoms with E-state index in [2.05, 4.69) is 0 Å². The zero-order valence-electron chi connectivity index (χ0n) is 15.2. The Morgan fingerprint density at radius 2 is 0.929 bits per heavy atom. The van der Waals surface area contributed by atoms with Crippen molar-refractivity contribution in [3.8, 4) is 34.1 Å². The van der Waals surface area contributed by atoms with E-state index in [1.807, 2.05) is 97.1 Å². The minimum atomic E-state index is 0.691. The van der Waals surface area contributed by atoms with Crippen LogP contribution in [0.1, 0.15) is 0 Å². The number of ether oxygens (including phenoxy) is 2. The number of rotatable bonds is 5. The molecule has 0 spiro atoms. The largest absolute Gasteiger partial charge is 0.457 e. The zero-order chi connectivity index (χ0) is 19.3. The molecule has 0 unspecified atom stereocenters. The van der Waals surface area contributed by atoms with Crippen LogP contribution in [0.2, 0.25) is 0 Å². The van der Waals surface area contributed by atoms with E-state index in [-0.39, 0.29) is 0 Å². The minimum Gasteiger partial charge on any atom is -0.457 e. The molecule has 0 heterocycles. The first-order valence-electron chi connectivity index (χ1n) is 8.94. The lowest BCUT2D eigenvalue weighted by Gasteiger charge is -2.16. The predicted molar refractivity (Wildman–Crippen MR) is 114 cm³/mol. The van der Waals surface area contributed by atoms with Gasteiger partial charge in [-0.3, -0.25) is 0 Å². The maximum Gasteiger partial charge on any atom is 0.139 e. The maximum absolute atomic E-state index is 6.16. The molecule has 138 valence electrons. The van der Waals surface area contributed by atoms with E-state index < -0.39 is 0 Å². The van der Waals surface area contributed by atoms with Gasteiger partial charge in [0.1, 0.15) is 23.0 Å². The van der Waals surface area contributed by atoms with Gasteiger partial charge < -0.3 is 20.9 Å². The Kier molecular flexibility index (Phi) is 4.85. The van der Waals surface area contributed by atoms with Crippen molar-refractivity contribution >= 4 is 11.4 Å². The summed E-state index contributed by atoms with van der Waals surface area (Å²) in [7, 11) is 0. The van der Waals surface area contributed by atoms with Crippen LogP contribution in [0.25, 0.3) is 11.1 Å².